The van der Waals surface area contributed by atoms with Gasteiger partial charge in [0.1, 0.15) is 5.82 Å². The number of aryl methyl sites for hydroxylation is 1. The lowest BCUT2D eigenvalue weighted by Crippen LogP contribution is -2.47. The Morgan fingerprint density at radius 3 is 3.16 bits per heavy atom. The van der Waals surface area contributed by atoms with Crippen LogP contribution in [0.4, 0.5) is 10.5 Å². The lowest BCUT2D eigenvalue weighted by molar-refractivity contribution is 0.161. The maximum Gasteiger partial charge on any atom is 0.322 e. The fourth-order valence-corrected chi connectivity index (χ4v) is 3.22. The largest absolute Gasteiger partial charge is 0.322 e. The Hall–Kier alpha value is -3.04. The minimum Gasteiger partial charge on any atom is -0.321 e. The van der Waals surface area contributed by atoms with Crippen LogP contribution in [0.1, 0.15) is 30.9 Å². The van der Waals surface area contributed by atoms with Gasteiger partial charge in [-0.15, -0.1) is 10.2 Å². The second kappa shape index (κ2) is 6.46. The molecule has 1 atom stereocenters. The first-order valence-corrected chi connectivity index (χ1v) is 8.32. The number of aromatic amines is 1. The number of hydrogen-bond acceptors (Lipinski definition) is 6. The molecular formula is C15H19N9O. The average Bonchev–Trinajstić information content (AvgIpc) is 3.23. The molecule has 2 amide bonds. The Labute approximate surface area is 143 Å². The number of tetrazole rings is 1. The van der Waals surface area contributed by atoms with E-state index < -0.39 is 0 Å². The maximum atomic E-state index is 12.8. The quantitative estimate of drug-likeness (QED) is 0.739. The zero-order valence-corrected chi connectivity index (χ0v) is 13.9. The summed E-state index contributed by atoms with van der Waals surface area (Å²) in [4.78, 5) is 18.9. The molecule has 25 heavy (non-hydrogen) atoms. The number of fused-ring (bicyclic) bond motifs is 1. The monoisotopic (exact) mass is 341 g/mol. The predicted molar refractivity (Wildman–Crippen MR) is 89.0 cm³/mol. The molecule has 0 unspecified atom stereocenters. The van der Waals surface area contributed by atoms with Gasteiger partial charge in [-0.25, -0.2) is 14.3 Å². The summed E-state index contributed by atoms with van der Waals surface area (Å²) in [5.74, 6) is 1.32. The molecule has 1 aliphatic rings. The summed E-state index contributed by atoms with van der Waals surface area (Å²) >= 11 is 0. The number of carbonyl (C=O) groups is 1. The first-order valence-electron chi connectivity index (χ1n) is 8.32. The minimum atomic E-state index is -0.121. The van der Waals surface area contributed by atoms with Gasteiger partial charge >= 0.3 is 6.03 Å². The number of carbonyl (C=O) groups excluding carboxylic acids is 1. The number of nitrogens with zero attached hydrogens (tertiary/aromatic N) is 7. The highest BCUT2D eigenvalue weighted by Crippen LogP contribution is 2.21. The van der Waals surface area contributed by atoms with E-state index in [9.17, 15) is 4.79 Å². The summed E-state index contributed by atoms with van der Waals surface area (Å²) in [6.45, 7) is 2.56. The second-order valence-electron chi connectivity index (χ2n) is 6.18. The standard InChI is InChI=1S/C15H19N9O/c1-10-16-14-6-5-11(9-24(14)20-10)17-15(25)23-7-3-2-4-12(23)8-13-18-21-22-19-13/h5-6,9,12H,2-4,7-8H2,1H3,(H,17,25)(H,18,19,21,22)/t12-/m1/s1. The molecule has 3 aromatic rings. The van der Waals surface area contributed by atoms with Crippen molar-refractivity contribution in [1.82, 2.24) is 40.1 Å². The molecule has 4 heterocycles. The van der Waals surface area contributed by atoms with Gasteiger partial charge in [0.2, 0.25) is 0 Å². The Morgan fingerprint density at radius 2 is 2.32 bits per heavy atom. The van der Waals surface area contributed by atoms with Gasteiger partial charge in [-0.1, -0.05) is 5.21 Å². The molecule has 1 fully saturated rings. The van der Waals surface area contributed by atoms with E-state index in [1.807, 2.05) is 24.0 Å². The highest BCUT2D eigenvalue weighted by atomic mass is 16.2. The zero-order chi connectivity index (χ0) is 17.2. The van der Waals surface area contributed by atoms with E-state index in [-0.39, 0.29) is 12.1 Å². The molecule has 10 heteroatoms. The molecule has 2 N–H and O–H groups in total. The Bertz CT molecular complexity index is 872. The van der Waals surface area contributed by atoms with Gasteiger partial charge in [-0.3, -0.25) is 0 Å². The van der Waals surface area contributed by atoms with Crippen LogP contribution >= 0.6 is 0 Å². The smallest absolute Gasteiger partial charge is 0.321 e. The molecule has 0 aliphatic carbocycles. The highest BCUT2D eigenvalue weighted by molar-refractivity contribution is 5.89. The third kappa shape index (κ3) is 3.28. The van der Waals surface area contributed by atoms with Crippen molar-refractivity contribution in [3.05, 3.63) is 30.0 Å². The highest BCUT2D eigenvalue weighted by Gasteiger charge is 2.28. The number of pyridine rings is 1. The van der Waals surface area contributed by atoms with Crippen molar-refractivity contribution >= 4 is 17.4 Å². The molecule has 0 saturated carbocycles. The summed E-state index contributed by atoms with van der Waals surface area (Å²) in [5, 5.41) is 21.3. The normalized spacial score (nSPS) is 17.8. The van der Waals surface area contributed by atoms with Crippen molar-refractivity contribution in [3.63, 3.8) is 0 Å². The Morgan fingerprint density at radius 1 is 1.40 bits per heavy atom. The van der Waals surface area contributed by atoms with Gasteiger partial charge in [0.15, 0.2) is 11.5 Å². The van der Waals surface area contributed by atoms with Crippen molar-refractivity contribution in [1.29, 1.82) is 0 Å². The molecule has 0 spiro atoms. The number of piperidine rings is 1. The maximum absolute atomic E-state index is 12.8. The lowest BCUT2D eigenvalue weighted by Gasteiger charge is -2.35. The summed E-state index contributed by atoms with van der Waals surface area (Å²) in [5.41, 5.74) is 1.44. The molecule has 130 valence electrons. The molecule has 4 rings (SSSR count). The average molecular weight is 341 g/mol. The van der Waals surface area contributed by atoms with Crippen LogP contribution in [0.15, 0.2) is 18.3 Å². The van der Waals surface area contributed by atoms with Crippen LogP contribution in [0.3, 0.4) is 0 Å². The van der Waals surface area contributed by atoms with Crippen molar-refractivity contribution in [3.8, 4) is 0 Å². The molecule has 10 nitrogen and oxygen atoms in total. The third-order valence-corrected chi connectivity index (χ3v) is 4.38. The van der Waals surface area contributed by atoms with Gasteiger partial charge in [-0.2, -0.15) is 10.3 Å². The topological polar surface area (TPSA) is 117 Å². The van der Waals surface area contributed by atoms with Crippen LogP contribution in [-0.4, -0.2) is 58.7 Å². The van der Waals surface area contributed by atoms with E-state index >= 15 is 0 Å². The lowest BCUT2D eigenvalue weighted by atomic mass is 9.99. The molecule has 1 aliphatic heterocycles. The summed E-state index contributed by atoms with van der Waals surface area (Å²) < 4.78 is 1.66. The van der Waals surface area contributed by atoms with Crippen LogP contribution in [0.25, 0.3) is 5.65 Å². The van der Waals surface area contributed by atoms with E-state index in [0.717, 1.165) is 31.5 Å². The number of aromatic nitrogens is 7. The first kappa shape index (κ1) is 15.5. The Balaban J connectivity index is 1.49. The van der Waals surface area contributed by atoms with Gasteiger partial charge in [0, 0.05) is 19.0 Å². The fraction of sp³-hybridized carbons (Fsp3) is 0.467. The number of nitrogens with one attached hydrogen (secondary N) is 2. The van der Waals surface area contributed by atoms with Gasteiger partial charge in [0.25, 0.3) is 0 Å². The van der Waals surface area contributed by atoms with Crippen LogP contribution in [-0.2, 0) is 6.42 Å². The van der Waals surface area contributed by atoms with E-state index in [0.29, 0.717) is 23.8 Å². The molecule has 3 aromatic heterocycles. The summed E-state index contributed by atoms with van der Waals surface area (Å²) in [7, 11) is 0. The van der Waals surface area contributed by atoms with Crippen LogP contribution in [0, 0.1) is 6.92 Å². The molecule has 0 aromatic carbocycles. The van der Waals surface area contributed by atoms with E-state index in [4.69, 9.17) is 0 Å². The van der Waals surface area contributed by atoms with Gasteiger partial charge in [0.05, 0.1) is 11.9 Å². The van der Waals surface area contributed by atoms with Crippen LogP contribution < -0.4 is 5.32 Å². The molecule has 0 bridgehead atoms. The summed E-state index contributed by atoms with van der Waals surface area (Å²) in [6.07, 6.45) is 5.40. The van der Waals surface area contributed by atoms with Crippen LogP contribution in [0.2, 0.25) is 0 Å². The predicted octanol–water partition coefficient (Wildman–Crippen LogP) is 1.18. The van der Waals surface area contributed by atoms with E-state index in [1.165, 1.54) is 0 Å². The third-order valence-electron chi connectivity index (χ3n) is 4.38. The fourth-order valence-electron chi connectivity index (χ4n) is 3.22. The number of rotatable bonds is 3. The molecular weight excluding hydrogens is 322 g/mol. The number of hydrogen-bond donors (Lipinski definition) is 2. The zero-order valence-electron chi connectivity index (χ0n) is 13.9. The van der Waals surface area contributed by atoms with Crippen LogP contribution in [0.5, 0.6) is 0 Å². The Kier molecular flexibility index (Phi) is 4.00. The van der Waals surface area contributed by atoms with Crippen molar-refractivity contribution in [2.75, 3.05) is 11.9 Å². The van der Waals surface area contributed by atoms with E-state index in [1.54, 1.807) is 10.7 Å². The first-order chi connectivity index (χ1) is 12.2. The van der Waals surface area contributed by atoms with Gasteiger partial charge in [-0.05, 0) is 38.3 Å². The summed E-state index contributed by atoms with van der Waals surface area (Å²) in [6, 6.07) is 3.62. The van der Waals surface area contributed by atoms with Gasteiger partial charge < -0.3 is 10.2 Å². The number of anilines is 1. The van der Waals surface area contributed by atoms with Crippen molar-refractivity contribution in [2.45, 2.75) is 38.6 Å². The van der Waals surface area contributed by atoms with Crippen molar-refractivity contribution < 1.29 is 4.79 Å². The minimum absolute atomic E-state index is 0.0729. The van der Waals surface area contributed by atoms with Crippen molar-refractivity contribution in [2.24, 2.45) is 0 Å². The number of amides is 2. The van der Waals surface area contributed by atoms with E-state index in [2.05, 4.69) is 36.0 Å². The molecule has 1 saturated heterocycles. The number of likely N-dealkylation sites (tertiary alicyclic amines) is 1. The SMILES string of the molecule is Cc1nc2ccc(NC(=O)N3CCCC[C@@H]3Cc3nn[nH]n3)cn2n1. The number of urea groups is 1. The molecule has 0 radical (unpaired) electrons. The second-order valence-corrected chi connectivity index (χ2v) is 6.18. The number of H-pyrrole nitrogens is 1.